The van der Waals surface area contributed by atoms with Crippen molar-refractivity contribution in [2.75, 3.05) is 5.73 Å². The first-order valence-electron chi connectivity index (χ1n) is 6.26. The maximum absolute atomic E-state index is 14.0. The maximum atomic E-state index is 14.0. The molecule has 0 radical (unpaired) electrons. The first kappa shape index (κ1) is 12.1. The van der Waals surface area contributed by atoms with Crippen LogP contribution in [0.2, 0.25) is 0 Å². The summed E-state index contributed by atoms with van der Waals surface area (Å²) in [6.07, 6.45) is 1.03. The first-order chi connectivity index (χ1) is 8.99. The van der Waals surface area contributed by atoms with E-state index in [4.69, 9.17) is 5.73 Å². The molecule has 1 aliphatic carbocycles. The Bertz CT molecular complexity index is 648. The van der Waals surface area contributed by atoms with Crippen molar-refractivity contribution in [3.8, 4) is 11.1 Å². The van der Waals surface area contributed by atoms with E-state index < -0.39 is 11.6 Å². The molecule has 2 unspecified atom stereocenters. The Hall–Kier alpha value is -1.91. The molecule has 100 valence electrons. The molecule has 1 saturated carbocycles. The van der Waals surface area contributed by atoms with Gasteiger partial charge in [-0.3, -0.25) is 4.68 Å². The molecule has 1 aromatic heterocycles. The number of halogens is 2. The van der Waals surface area contributed by atoms with Crippen LogP contribution in [0.15, 0.2) is 18.2 Å². The van der Waals surface area contributed by atoms with Crippen LogP contribution < -0.4 is 5.73 Å². The Kier molecular flexibility index (Phi) is 2.59. The number of aromatic nitrogens is 2. The highest BCUT2D eigenvalue weighted by atomic mass is 19.1. The van der Waals surface area contributed by atoms with Gasteiger partial charge in [0.1, 0.15) is 17.5 Å². The molecule has 2 N–H and O–H groups in total. The standard InChI is InChI=1S/C14H15F2N3/c1-7-5-10(7)13-12(14(17)19(2)18-13)9-4-3-8(15)6-11(9)16/h3-4,6-7,10H,5,17H2,1-2H3. The van der Waals surface area contributed by atoms with E-state index in [1.54, 1.807) is 11.7 Å². The van der Waals surface area contributed by atoms with Crippen LogP contribution in [0.3, 0.4) is 0 Å². The van der Waals surface area contributed by atoms with Crippen LogP contribution in [0.4, 0.5) is 14.6 Å². The summed E-state index contributed by atoms with van der Waals surface area (Å²) < 4.78 is 28.5. The molecule has 0 spiro atoms. The Labute approximate surface area is 110 Å². The first-order valence-corrected chi connectivity index (χ1v) is 6.26. The highest BCUT2D eigenvalue weighted by Crippen LogP contribution is 2.50. The number of nitrogens with zero attached hydrogens (tertiary/aromatic N) is 2. The lowest BCUT2D eigenvalue weighted by Gasteiger charge is -2.05. The molecule has 2 atom stereocenters. The van der Waals surface area contributed by atoms with Crippen molar-refractivity contribution in [2.24, 2.45) is 13.0 Å². The van der Waals surface area contributed by atoms with E-state index in [9.17, 15) is 8.78 Å². The van der Waals surface area contributed by atoms with Gasteiger partial charge in [-0.05, 0) is 24.5 Å². The molecule has 19 heavy (non-hydrogen) atoms. The largest absolute Gasteiger partial charge is 0.383 e. The van der Waals surface area contributed by atoms with Gasteiger partial charge in [0.15, 0.2) is 0 Å². The molecule has 3 rings (SSSR count). The SMILES string of the molecule is CC1CC1c1nn(C)c(N)c1-c1ccc(F)cc1F. The van der Waals surface area contributed by atoms with Gasteiger partial charge in [0.05, 0.1) is 11.3 Å². The van der Waals surface area contributed by atoms with Crippen LogP contribution in [0, 0.1) is 17.6 Å². The van der Waals surface area contributed by atoms with Crippen molar-refractivity contribution in [2.45, 2.75) is 19.3 Å². The summed E-state index contributed by atoms with van der Waals surface area (Å²) in [5.41, 5.74) is 7.74. The minimum Gasteiger partial charge on any atom is -0.383 e. The molecule has 0 saturated heterocycles. The summed E-state index contributed by atoms with van der Waals surface area (Å²) in [5.74, 6) is 0.0819. The zero-order valence-corrected chi connectivity index (χ0v) is 10.8. The molecule has 2 aromatic rings. The van der Waals surface area contributed by atoms with Crippen molar-refractivity contribution >= 4 is 5.82 Å². The fraction of sp³-hybridized carbons (Fsp3) is 0.357. The van der Waals surface area contributed by atoms with E-state index >= 15 is 0 Å². The van der Waals surface area contributed by atoms with Crippen LogP contribution in [0.5, 0.6) is 0 Å². The van der Waals surface area contributed by atoms with Gasteiger partial charge in [0.25, 0.3) is 0 Å². The number of aryl methyl sites for hydroxylation is 1. The molecule has 0 aliphatic heterocycles. The fourth-order valence-electron chi connectivity index (χ4n) is 2.49. The van der Waals surface area contributed by atoms with E-state index in [0.717, 1.165) is 18.2 Å². The average molecular weight is 263 g/mol. The highest BCUT2D eigenvalue weighted by Gasteiger charge is 2.39. The smallest absolute Gasteiger partial charge is 0.134 e. The quantitative estimate of drug-likeness (QED) is 0.905. The van der Waals surface area contributed by atoms with Crippen molar-refractivity contribution in [1.82, 2.24) is 9.78 Å². The van der Waals surface area contributed by atoms with Gasteiger partial charge < -0.3 is 5.73 Å². The fourth-order valence-corrected chi connectivity index (χ4v) is 2.49. The molecular weight excluding hydrogens is 248 g/mol. The summed E-state index contributed by atoms with van der Waals surface area (Å²) >= 11 is 0. The predicted molar refractivity (Wildman–Crippen MR) is 69.5 cm³/mol. The lowest BCUT2D eigenvalue weighted by Crippen LogP contribution is -1.98. The Morgan fingerprint density at radius 2 is 2.05 bits per heavy atom. The van der Waals surface area contributed by atoms with E-state index in [0.29, 0.717) is 28.8 Å². The zero-order valence-electron chi connectivity index (χ0n) is 10.8. The number of nitrogen functional groups attached to an aromatic ring is 1. The minimum absolute atomic E-state index is 0.320. The van der Waals surface area contributed by atoms with Crippen molar-refractivity contribution in [1.29, 1.82) is 0 Å². The van der Waals surface area contributed by atoms with Crippen molar-refractivity contribution in [3.05, 3.63) is 35.5 Å². The van der Waals surface area contributed by atoms with Gasteiger partial charge >= 0.3 is 0 Å². The molecule has 0 bridgehead atoms. The number of hydrogen-bond donors (Lipinski definition) is 1. The third kappa shape index (κ3) is 1.89. The Morgan fingerprint density at radius 3 is 2.63 bits per heavy atom. The number of rotatable bonds is 2. The van der Waals surface area contributed by atoms with E-state index in [1.807, 2.05) is 0 Å². The second kappa shape index (κ2) is 4.05. The Morgan fingerprint density at radius 1 is 1.37 bits per heavy atom. The number of hydrogen-bond acceptors (Lipinski definition) is 2. The van der Waals surface area contributed by atoms with Gasteiger partial charge in [-0.25, -0.2) is 8.78 Å². The van der Waals surface area contributed by atoms with Crippen LogP contribution in [-0.4, -0.2) is 9.78 Å². The second-order valence-electron chi connectivity index (χ2n) is 5.21. The lowest BCUT2D eigenvalue weighted by atomic mass is 10.0. The van der Waals surface area contributed by atoms with Crippen LogP contribution >= 0.6 is 0 Å². The van der Waals surface area contributed by atoms with Crippen LogP contribution in [-0.2, 0) is 7.05 Å². The number of anilines is 1. The van der Waals surface area contributed by atoms with Gasteiger partial charge in [-0.2, -0.15) is 5.10 Å². The topological polar surface area (TPSA) is 43.8 Å². The lowest BCUT2D eigenvalue weighted by molar-refractivity contribution is 0.585. The summed E-state index contributed by atoms with van der Waals surface area (Å²) in [6.45, 7) is 2.13. The normalized spacial score (nSPS) is 21.7. The van der Waals surface area contributed by atoms with Crippen molar-refractivity contribution in [3.63, 3.8) is 0 Å². The maximum Gasteiger partial charge on any atom is 0.134 e. The summed E-state index contributed by atoms with van der Waals surface area (Å²) in [5, 5.41) is 4.39. The molecule has 5 heteroatoms. The molecular formula is C14H15F2N3. The summed E-state index contributed by atoms with van der Waals surface area (Å²) in [7, 11) is 1.73. The molecule has 1 aliphatic rings. The number of nitrogens with two attached hydrogens (primary N) is 1. The molecule has 1 aromatic carbocycles. The van der Waals surface area contributed by atoms with E-state index in [2.05, 4.69) is 12.0 Å². The Balaban J connectivity index is 2.18. The predicted octanol–water partition coefficient (Wildman–Crippen LogP) is 3.07. The monoisotopic (exact) mass is 263 g/mol. The average Bonchev–Trinajstić information content (AvgIpc) is 2.99. The van der Waals surface area contributed by atoms with Gasteiger partial charge in [-0.15, -0.1) is 0 Å². The second-order valence-corrected chi connectivity index (χ2v) is 5.21. The van der Waals surface area contributed by atoms with Gasteiger partial charge in [0, 0.05) is 24.6 Å². The van der Waals surface area contributed by atoms with Gasteiger partial charge in [0.2, 0.25) is 0 Å². The molecule has 3 nitrogen and oxygen atoms in total. The summed E-state index contributed by atoms with van der Waals surface area (Å²) in [4.78, 5) is 0. The van der Waals surface area contributed by atoms with E-state index in [1.165, 1.54) is 12.1 Å². The van der Waals surface area contributed by atoms with Crippen LogP contribution in [0.25, 0.3) is 11.1 Å². The molecule has 1 fully saturated rings. The van der Waals surface area contributed by atoms with E-state index in [-0.39, 0.29) is 0 Å². The van der Waals surface area contributed by atoms with Crippen molar-refractivity contribution < 1.29 is 8.78 Å². The number of benzene rings is 1. The third-order valence-corrected chi connectivity index (χ3v) is 3.78. The summed E-state index contributed by atoms with van der Waals surface area (Å²) in [6, 6.07) is 3.54. The van der Waals surface area contributed by atoms with Crippen LogP contribution in [0.1, 0.15) is 25.0 Å². The third-order valence-electron chi connectivity index (χ3n) is 3.78. The molecule has 1 heterocycles. The highest BCUT2D eigenvalue weighted by molar-refractivity contribution is 5.78. The zero-order chi connectivity index (χ0) is 13.7. The molecule has 0 amide bonds. The minimum atomic E-state index is -0.603. The van der Waals surface area contributed by atoms with Gasteiger partial charge in [-0.1, -0.05) is 6.92 Å².